The molecule has 1 amide bonds. The summed E-state index contributed by atoms with van der Waals surface area (Å²) in [5, 5.41) is 2.66. The Morgan fingerprint density at radius 1 is 1.12 bits per heavy atom. The minimum absolute atomic E-state index is 0.103. The Labute approximate surface area is 155 Å². The zero-order valence-electron chi connectivity index (χ0n) is 16.0. The van der Waals surface area contributed by atoms with E-state index in [0.29, 0.717) is 5.92 Å². The highest BCUT2D eigenvalue weighted by Crippen LogP contribution is 2.17. The lowest BCUT2D eigenvalue weighted by atomic mass is 10.0. The first-order chi connectivity index (χ1) is 11.9. The van der Waals surface area contributed by atoms with Crippen LogP contribution in [0.2, 0.25) is 0 Å². The lowest BCUT2D eigenvalue weighted by molar-refractivity contribution is -0.148. The van der Waals surface area contributed by atoms with Gasteiger partial charge >= 0.3 is 5.97 Å². The SMILES string of the molecule is CC(C)c1ccc(S(=O)(=O)NCCC(=O)OCC(=O)NC(C)(C)C)cc1. The second-order valence-electron chi connectivity index (χ2n) is 7.33. The smallest absolute Gasteiger partial charge is 0.307 e. The third kappa shape index (κ3) is 7.97. The number of ether oxygens (including phenoxy) is 1. The Morgan fingerprint density at radius 2 is 1.69 bits per heavy atom. The van der Waals surface area contributed by atoms with Gasteiger partial charge < -0.3 is 10.1 Å². The fourth-order valence-electron chi connectivity index (χ4n) is 2.08. The van der Waals surface area contributed by atoms with Gasteiger partial charge in [0, 0.05) is 12.1 Å². The van der Waals surface area contributed by atoms with Crippen molar-refractivity contribution in [3.8, 4) is 0 Å². The number of benzene rings is 1. The van der Waals surface area contributed by atoms with Gasteiger partial charge in [-0.15, -0.1) is 0 Å². The summed E-state index contributed by atoms with van der Waals surface area (Å²) in [4.78, 5) is 23.3. The van der Waals surface area contributed by atoms with Gasteiger partial charge in [0.1, 0.15) is 0 Å². The molecule has 8 heteroatoms. The minimum Gasteiger partial charge on any atom is -0.456 e. The molecular weight excluding hydrogens is 356 g/mol. The molecule has 2 N–H and O–H groups in total. The van der Waals surface area contributed by atoms with Crippen molar-refractivity contribution < 1.29 is 22.7 Å². The fraction of sp³-hybridized carbons (Fsp3) is 0.556. The van der Waals surface area contributed by atoms with Gasteiger partial charge in [0.05, 0.1) is 11.3 Å². The molecule has 0 radical (unpaired) electrons. The first kappa shape index (κ1) is 22.1. The molecule has 1 aromatic carbocycles. The first-order valence-electron chi connectivity index (χ1n) is 8.47. The lowest BCUT2D eigenvalue weighted by Crippen LogP contribution is -2.42. The number of nitrogens with one attached hydrogen (secondary N) is 2. The lowest BCUT2D eigenvalue weighted by Gasteiger charge is -2.20. The predicted molar refractivity (Wildman–Crippen MR) is 99.2 cm³/mol. The van der Waals surface area contributed by atoms with Crippen molar-refractivity contribution in [3.63, 3.8) is 0 Å². The second kappa shape index (κ2) is 9.14. The molecule has 0 bridgehead atoms. The molecule has 0 aromatic heterocycles. The quantitative estimate of drug-likeness (QED) is 0.667. The van der Waals surface area contributed by atoms with Crippen molar-refractivity contribution in [3.05, 3.63) is 29.8 Å². The van der Waals surface area contributed by atoms with E-state index in [1.165, 1.54) is 12.1 Å². The van der Waals surface area contributed by atoms with E-state index in [-0.39, 0.29) is 24.5 Å². The van der Waals surface area contributed by atoms with E-state index in [0.717, 1.165) is 5.56 Å². The molecule has 7 nitrogen and oxygen atoms in total. The van der Waals surface area contributed by atoms with Crippen LogP contribution < -0.4 is 10.0 Å². The second-order valence-corrected chi connectivity index (χ2v) is 9.10. The third-order valence-electron chi connectivity index (χ3n) is 3.36. The van der Waals surface area contributed by atoms with Crippen molar-refractivity contribution in [2.75, 3.05) is 13.2 Å². The largest absolute Gasteiger partial charge is 0.456 e. The number of amides is 1. The molecule has 0 aliphatic rings. The minimum atomic E-state index is -3.69. The van der Waals surface area contributed by atoms with Crippen LogP contribution in [0.1, 0.15) is 52.5 Å². The molecule has 0 fully saturated rings. The summed E-state index contributed by atoms with van der Waals surface area (Å²) in [7, 11) is -3.69. The highest BCUT2D eigenvalue weighted by Gasteiger charge is 2.17. The number of hydrogen-bond donors (Lipinski definition) is 2. The van der Waals surface area contributed by atoms with Crippen LogP contribution in [0.4, 0.5) is 0 Å². The van der Waals surface area contributed by atoms with Crippen molar-refractivity contribution in [1.82, 2.24) is 10.0 Å². The molecule has 1 aromatic rings. The van der Waals surface area contributed by atoms with Crippen LogP contribution in [0.3, 0.4) is 0 Å². The van der Waals surface area contributed by atoms with E-state index >= 15 is 0 Å². The highest BCUT2D eigenvalue weighted by atomic mass is 32.2. The molecule has 1 rings (SSSR count). The van der Waals surface area contributed by atoms with Crippen LogP contribution in [0.15, 0.2) is 29.2 Å². The molecule has 146 valence electrons. The van der Waals surface area contributed by atoms with Gasteiger partial charge in [0.25, 0.3) is 5.91 Å². The van der Waals surface area contributed by atoms with Gasteiger partial charge in [0.15, 0.2) is 6.61 Å². The monoisotopic (exact) mass is 384 g/mol. The summed E-state index contributed by atoms with van der Waals surface area (Å²) in [6.45, 7) is 9.00. The summed E-state index contributed by atoms with van der Waals surface area (Å²) < 4.78 is 31.6. The number of sulfonamides is 1. The van der Waals surface area contributed by atoms with Crippen molar-refractivity contribution in [2.45, 2.75) is 57.4 Å². The van der Waals surface area contributed by atoms with Gasteiger partial charge in [0.2, 0.25) is 10.0 Å². The van der Waals surface area contributed by atoms with Crippen molar-refractivity contribution in [2.24, 2.45) is 0 Å². The zero-order valence-corrected chi connectivity index (χ0v) is 16.8. The number of carbonyl (C=O) groups is 2. The zero-order chi connectivity index (χ0) is 20.0. The van der Waals surface area contributed by atoms with Crippen LogP contribution >= 0.6 is 0 Å². The Hall–Kier alpha value is -1.93. The summed E-state index contributed by atoms with van der Waals surface area (Å²) in [5.74, 6) is -0.742. The van der Waals surface area contributed by atoms with Crippen LogP contribution in [-0.4, -0.2) is 39.0 Å². The molecule has 0 heterocycles. The van der Waals surface area contributed by atoms with E-state index in [9.17, 15) is 18.0 Å². The van der Waals surface area contributed by atoms with Crippen LogP contribution in [0.5, 0.6) is 0 Å². The van der Waals surface area contributed by atoms with Gasteiger partial charge in [-0.05, 0) is 44.4 Å². The van der Waals surface area contributed by atoms with Crippen LogP contribution in [0, 0.1) is 0 Å². The molecule has 0 atom stereocenters. The maximum Gasteiger partial charge on any atom is 0.307 e. The maximum absolute atomic E-state index is 12.2. The Kier molecular flexibility index (Phi) is 7.77. The normalized spacial score (nSPS) is 12.1. The molecule has 0 aliphatic carbocycles. The van der Waals surface area contributed by atoms with E-state index in [2.05, 4.69) is 10.0 Å². The highest BCUT2D eigenvalue weighted by molar-refractivity contribution is 7.89. The van der Waals surface area contributed by atoms with Crippen molar-refractivity contribution >= 4 is 21.9 Å². The van der Waals surface area contributed by atoms with Gasteiger partial charge in [-0.1, -0.05) is 26.0 Å². The van der Waals surface area contributed by atoms with Gasteiger partial charge in [-0.2, -0.15) is 0 Å². The molecule has 26 heavy (non-hydrogen) atoms. The maximum atomic E-state index is 12.2. The fourth-order valence-corrected chi connectivity index (χ4v) is 3.11. The number of hydrogen-bond acceptors (Lipinski definition) is 5. The summed E-state index contributed by atoms with van der Waals surface area (Å²) in [6.07, 6.45) is -0.161. The Balaban J connectivity index is 2.43. The van der Waals surface area contributed by atoms with Crippen LogP contribution in [-0.2, 0) is 24.3 Å². The molecular formula is C18H28N2O5S. The van der Waals surface area contributed by atoms with Crippen LogP contribution in [0.25, 0.3) is 0 Å². The standard InChI is InChI=1S/C18H28N2O5S/c1-13(2)14-6-8-15(9-7-14)26(23,24)19-11-10-17(22)25-12-16(21)20-18(3,4)5/h6-9,13,19H,10-12H2,1-5H3,(H,20,21). The average molecular weight is 384 g/mol. The molecule has 0 aliphatic heterocycles. The van der Waals surface area contributed by atoms with Crippen molar-refractivity contribution in [1.29, 1.82) is 0 Å². The molecule has 0 unspecified atom stereocenters. The van der Waals surface area contributed by atoms with Gasteiger partial charge in [-0.25, -0.2) is 13.1 Å². The number of rotatable bonds is 8. The molecule has 0 saturated heterocycles. The van der Waals surface area contributed by atoms with E-state index in [4.69, 9.17) is 4.74 Å². The predicted octanol–water partition coefficient (Wildman–Crippen LogP) is 1.94. The third-order valence-corrected chi connectivity index (χ3v) is 4.83. The van der Waals surface area contributed by atoms with E-state index in [1.807, 2.05) is 34.6 Å². The Bertz CT molecular complexity index is 719. The summed E-state index contributed by atoms with van der Waals surface area (Å²) >= 11 is 0. The topological polar surface area (TPSA) is 102 Å². The number of carbonyl (C=O) groups excluding carboxylic acids is 2. The Morgan fingerprint density at radius 3 is 2.19 bits per heavy atom. The summed E-state index contributed by atoms with van der Waals surface area (Å²) in [5.41, 5.74) is 0.630. The van der Waals surface area contributed by atoms with E-state index in [1.54, 1.807) is 12.1 Å². The number of esters is 1. The molecule has 0 spiro atoms. The average Bonchev–Trinajstić information content (AvgIpc) is 2.51. The first-order valence-corrected chi connectivity index (χ1v) is 9.95. The molecule has 0 saturated carbocycles. The van der Waals surface area contributed by atoms with Gasteiger partial charge in [-0.3, -0.25) is 9.59 Å². The summed E-state index contributed by atoms with van der Waals surface area (Å²) in [6, 6.07) is 6.60. The van der Waals surface area contributed by atoms with E-state index < -0.39 is 27.4 Å².